The van der Waals surface area contributed by atoms with Gasteiger partial charge in [-0.25, -0.2) is 18.6 Å². The van der Waals surface area contributed by atoms with Crippen LogP contribution < -0.4 is 4.74 Å². The van der Waals surface area contributed by atoms with E-state index in [1.165, 1.54) is 18.5 Å². The van der Waals surface area contributed by atoms with E-state index in [-0.39, 0.29) is 11.4 Å². The Morgan fingerprint density at radius 1 is 1.21 bits per heavy atom. The van der Waals surface area contributed by atoms with Gasteiger partial charge >= 0.3 is 0 Å². The lowest BCUT2D eigenvalue weighted by Crippen LogP contribution is -2.14. The van der Waals surface area contributed by atoms with Gasteiger partial charge in [0.25, 0.3) is 0 Å². The molecule has 1 aromatic heterocycles. The zero-order chi connectivity index (χ0) is 20.8. The van der Waals surface area contributed by atoms with Gasteiger partial charge in [0, 0.05) is 45.7 Å². The fourth-order valence-corrected chi connectivity index (χ4v) is 4.00. The first-order chi connectivity index (χ1) is 13.6. The summed E-state index contributed by atoms with van der Waals surface area (Å²) < 4.78 is 36.3. The van der Waals surface area contributed by atoms with Crippen LogP contribution in [0.15, 0.2) is 41.0 Å². The summed E-state index contributed by atoms with van der Waals surface area (Å²) in [7, 11) is -2.26. The third-order valence-corrected chi connectivity index (χ3v) is 5.67. The number of fused-ring (bicyclic) bond motifs is 1. The van der Waals surface area contributed by atoms with Crippen molar-refractivity contribution in [2.45, 2.75) is 38.7 Å². The van der Waals surface area contributed by atoms with Crippen molar-refractivity contribution in [1.82, 2.24) is 9.97 Å². The molecule has 4 rings (SSSR count). The summed E-state index contributed by atoms with van der Waals surface area (Å²) in [6, 6.07) is 8.38. The van der Waals surface area contributed by atoms with Crippen LogP contribution in [0.25, 0.3) is 10.9 Å². The van der Waals surface area contributed by atoms with E-state index in [2.05, 4.69) is 14.3 Å². The number of halogens is 1. The summed E-state index contributed by atoms with van der Waals surface area (Å²) >= 11 is 0. The number of ether oxygens (including phenoxy) is 1. The van der Waals surface area contributed by atoms with Crippen molar-refractivity contribution in [3.05, 3.63) is 59.3 Å². The Balaban J connectivity index is 1.77. The Kier molecular flexibility index (Phi) is 4.81. The van der Waals surface area contributed by atoms with Crippen LogP contribution in [0.1, 0.15) is 36.6 Å². The highest BCUT2D eigenvalue weighted by Gasteiger charge is 2.40. The molecule has 0 aliphatic heterocycles. The van der Waals surface area contributed by atoms with E-state index in [1.807, 2.05) is 26.0 Å². The van der Waals surface area contributed by atoms with Gasteiger partial charge in [0.2, 0.25) is 0 Å². The molecule has 0 N–H and O–H groups in total. The molecule has 1 saturated carbocycles. The van der Waals surface area contributed by atoms with Gasteiger partial charge in [-0.05, 0) is 50.5 Å². The zero-order valence-corrected chi connectivity index (χ0v) is 17.8. The SMILES string of the molecule is Cc1cc(N=S(C)(C)=O)cc2ncnc(Cc3ccc(F)cc3OC3(C)CC3)c12. The molecule has 0 spiro atoms. The van der Waals surface area contributed by atoms with Crippen LogP contribution in [0.5, 0.6) is 5.75 Å². The average Bonchev–Trinajstić information content (AvgIpc) is 3.32. The molecule has 2 aromatic carbocycles. The normalized spacial score (nSPS) is 15.3. The third kappa shape index (κ3) is 4.56. The summed E-state index contributed by atoms with van der Waals surface area (Å²) in [4.78, 5) is 8.88. The number of benzene rings is 2. The molecule has 3 aromatic rings. The first-order valence-electron chi connectivity index (χ1n) is 9.51. The van der Waals surface area contributed by atoms with Gasteiger partial charge in [0.1, 0.15) is 23.5 Å². The number of aryl methyl sites for hydroxylation is 1. The first-order valence-corrected chi connectivity index (χ1v) is 11.8. The van der Waals surface area contributed by atoms with E-state index in [1.54, 1.807) is 18.6 Å². The molecule has 1 heterocycles. The molecule has 152 valence electrons. The van der Waals surface area contributed by atoms with Gasteiger partial charge in [0.15, 0.2) is 0 Å². The van der Waals surface area contributed by atoms with E-state index < -0.39 is 9.73 Å². The van der Waals surface area contributed by atoms with Gasteiger partial charge in [-0.3, -0.25) is 0 Å². The van der Waals surface area contributed by atoms with Crippen LogP contribution in [0.3, 0.4) is 0 Å². The highest BCUT2D eigenvalue weighted by Crippen LogP contribution is 2.41. The number of hydrogen-bond donors (Lipinski definition) is 0. The molecule has 5 nitrogen and oxygen atoms in total. The monoisotopic (exact) mass is 413 g/mol. The maximum absolute atomic E-state index is 13.8. The molecular formula is C22H24FN3O2S. The number of hydrogen-bond acceptors (Lipinski definition) is 5. The minimum Gasteiger partial charge on any atom is -0.487 e. The lowest BCUT2D eigenvalue weighted by molar-refractivity contribution is 0.197. The predicted octanol–water partition coefficient (Wildman–Crippen LogP) is 4.96. The van der Waals surface area contributed by atoms with Crippen molar-refractivity contribution in [3.63, 3.8) is 0 Å². The number of rotatable bonds is 5. The van der Waals surface area contributed by atoms with Crippen LogP contribution in [0, 0.1) is 12.7 Å². The molecule has 0 saturated heterocycles. The third-order valence-electron chi connectivity index (χ3n) is 5.02. The van der Waals surface area contributed by atoms with Crippen molar-refractivity contribution in [3.8, 4) is 5.75 Å². The molecule has 0 radical (unpaired) electrons. The van der Waals surface area contributed by atoms with E-state index in [4.69, 9.17) is 4.74 Å². The Hall–Kier alpha value is -2.54. The van der Waals surface area contributed by atoms with E-state index >= 15 is 0 Å². The molecule has 29 heavy (non-hydrogen) atoms. The minimum absolute atomic E-state index is 0.198. The lowest BCUT2D eigenvalue weighted by Gasteiger charge is -2.17. The van der Waals surface area contributed by atoms with E-state index in [0.29, 0.717) is 17.9 Å². The molecule has 1 fully saturated rings. The molecule has 0 unspecified atom stereocenters. The highest BCUT2D eigenvalue weighted by atomic mass is 32.2. The summed E-state index contributed by atoms with van der Waals surface area (Å²) in [5.41, 5.74) is 3.87. The van der Waals surface area contributed by atoms with E-state index in [9.17, 15) is 8.60 Å². The van der Waals surface area contributed by atoms with Crippen LogP contribution in [0.2, 0.25) is 0 Å². The van der Waals surface area contributed by atoms with Crippen LogP contribution >= 0.6 is 0 Å². The maximum Gasteiger partial charge on any atom is 0.126 e. The van der Waals surface area contributed by atoms with Gasteiger partial charge in [0.05, 0.1) is 16.9 Å². The second-order valence-corrected chi connectivity index (χ2v) is 10.8. The second kappa shape index (κ2) is 7.06. The van der Waals surface area contributed by atoms with Crippen molar-refractivity contribution in [1.29, 1.82) is 0 Å². The lowest BCUT2D eigenvalue weighted by atomic mass is 10.0. The molecule has 0 amide bonds. The smallest absolute Gasteiger partial charge is 0.126 e. The van der Waals surface area contributed by atoms with Crippen molar-refractivity contribution in [2.75, 3.05) is 12.5 Å². The fourth-order valence-electron chi connectivity index (χ4n) is 3.39. The largest absolute Gasteiger partial charge is 0.487 e. The summed E-state index contributed by atoms with van der Waals surface area (Å²) in [5.74, 6) is 0.253. The second-order valence-electron chi connectivity index (χ2n) is 8.23. The quantitative estimate of drug-likeness (QED) is 0.593. The van der Waals surface area contributed by atoms with Crippen molar-refractivity contribution >= 4 is 26.3 Å². The molecule has 7 heteroatoms. The van der Waals surface area contributed by atoms with Gasteiger partial charge in [-0.1, -0.05) is 6.07 Å². The standard InChI is InChI=1S/C22H24FN3O2S/c1-14-9-17(26-29(3,4)27)12-19-21(14)18(24-13-25-19)10-15-5-6-16(23)11-20(15)28-22(2)7-8-22/h5-6,9,11-13H,7-8,10H2,1-4H3. The van der Waals surface area contributed by atoms with Crippen LogP contribution in [-0.2, 0) is 16.1 Å². The summed E-state index contributed by atoms with van der Waals surface area (Å²) in [6.07, 6.45) is 7.18. The van der Waals surface area contributed by atoms with Crippen molar-refractivity contribution in [2.24, 2.45) is 4.36 Å². The topological polar surface area (TPSA) is 64.4 Å². The molecular weight excluding hydrogens is 389 g/mol. The van der Waals surface area contributed by atoms with Crippen molar-refractivity contribution < 1.29 is 13.3 Å². The highest BCUT2D eigenvalue weighted by molar-refractivity contribution is 7.92. The molecule has 0 bridgehead atoms. The Morgan fingerprint density at radius 2 is 1.97 bits per heavy atom. The minimum atomic E-state index is -2.26. The Morgan fingerprint density at radius 3 is 2.66 bits per heavy atom. The van der Waals surface area contributed by atoms with Gasteiger partial charge in [-0.2, -0.15) is 4.36 Å². The summed E-state index contributed by atoms with van der Waals surface area (Å²) in [5, 5.41) is 0.929. The van der Waals surface area contributed by atoms with Gasteiger partial charge < -0.3 is 4.74 Å². The van der Waals surface area contributed by atoms with E-state index in [0.717, 1.165) is 40.6 Å². The Bertz CT molecular complexity index is 1220. The first kappa shape index (κ1) is 19.8. The number of nitrogens with zero attached hydrogens (tertiary/aromatic N) is 3. The predicted molar refractivity (Wildman–Crippen MR) is 114 cm³/mol. The fraction of sp³-hybridized carbons (Fsp3) is 0.364. The number of aromatic nitrogens is 2. The van der Waals surface area contributed by atoms with Crippen LogP contribution in [0.4, 0.5) is 10.1 Å². The van der Waals surface area contributed by atoms with Gasteiger partial charge in [-0.15, -0.1) is 0 Å². The van der Waals surface area contributed by atoms with Crippen LogP contribution in [-0.4, -0.2) is 32.3 Å². The molecule has 1 aliphatic carbocycles. The Labute approximate surface area is 170 Å². The summed E-state index contributed by atoms with van der Waals surface area (Å²) in [6.45, 7) is 4.01. The molecule has 1 aliphatic rings. The zero-order valence-electron chi connectivity index (χ0n) is 17.0. The maximum atomic E-state index is 13.8. The molecule has 0 atom stereocenters. The average molecular weight is 414 g/mol.